The molecule has 0 bridgehead atoms. The third kappa shape index (κ3) is 1.30. The van der Waals surface area contributed by atoms with Crippen LogP contribution in [0, 0.1) is 5.21 Å². The van der Waals surface area contributed by atoms with E-state index in [-0.39, 0.29) is 11.8 Å². The van der Waals surface area contributed by atoms with Crippen molar-refractivity contribution >= 4 is 30.9 Å². The molecule has 7 nitrogen and oxygen atoms in total. The van der Waals surface area contributed by atoms with Crippen LogP contribution < -0.4 is 0 Å². The van der Waals surface area contributed by atoms with Gasteiger partial charge < -0.3 is 5.21 Å². The van der Waals surface area contributed by atoms with E-state index in [0.717, 1.165) is 0 Å². The van der Waals surface area contributed by atoms with Crippen molar-refractivity contribution in [3.05, 3.63) is 23.5 Å². The fourth-order valence-corrected chi connectivity index (χ4v) is 1.20. The van der Waals surface area contributed by atoms with Crippen molar-refractivity contribution in [3.63, 3.8) is 0 Å². The van der Waals surface area contributed by atoms with Crippen LogP contribution in [-0.2, 0) is 0 Å². The molecule has 7 heteroatoms. The molecular weight excluding hydrogens is 196 g/mol. The van der Waals surface area contributed by atoms with Gasteiger partial charge in [-0.2, -0.15) is 0 Å². The minimum Gasteiger partial charge on any atom is -0.689 e. The predicted molar refractivity (Wildman–Crippen MR) is 54.0 cm³/mol. The Morgan fingerprint density at radius 1 is 1.40 bits per heavy atom. The summed E-state index contributed by atoms with van der Waals surface area (Å²) in [5.74, 6) is 0.338. The Bertz CT molecular complexity index is 494. The van der Waals surface area contributed by atoms with E-state index in [9.17, 15) is 5.21 Å². The molecule has 0 aromatic carbocycles. The number of rotatable bonds is 0. The lowest BCUT2D eigenvalue weighted by Crippen LogP contribution is -2.04. The molecule has 0 saturated heterocycles. The summed E-state index contributed by atoms with van der Waals surface area (Å²) >= 11 is 0. The standard InChI is InChI=1S/C8H7N6O/c1-9-8(10-2)13-6-4-3-5-11-7(6)14(15)12-13/h3-5H,1-2H2/q+1. The third-order valence-corrected chi connectivity index (χ3v) is 1.82. The Hall–Kier alpha value is -2.44. The second kappa shape index (κ2) is 3.37. The maximum absolute atomic E-state index is 11.3. The fraction of sp³-hybridized carbons (Fsp3) is 0. The first kappa shape index (κ1) is 9.13. The lowest BCUT2D eigenvalue weighted by molar-refractivity contribution is -0.589. The van der Waals surface area contributed by atoms with Crippen LogP contribution in [0.2, 0.25) is 0 Å². The summed E-state index contributed by atoms with van der Waals surface area (Å²) in [5, 5.41) is 15.0. The molecular formula is C8H7N6O+. The number of hydrogen-bond donors (Lipinski definition) is 0. The van der Waals surface area contributed by atoms with Crippen LogP contribution in [0.5, 0.6) is 0 Å². The van der Waals surface area contributed by atoms with Gasteiger partial charge in [0, 0.05) is 6.20 Å². The summed E-state index contributed by atoms with van der Waals surface area (Å²) < 4.78 is 1.23. The van der Waals surface area contributed by atoms with Gasteiger partial charge in [0.15, 0.2) is 0 Å². The normalized spacial score (nSPS) is 13.1. The van der Waals surface area contributed by atoms with Crippen molar-refractivity contribution in [2.24, 2.45) is 15.2 Å². The minimum absolute atomic E-state index is 0.141. The van der Waals surface area contributed by atoms with E-state index < -0.39 is 0 Å². The van der Waals surface area contributed by atoms with Gasteiger partial charge in [0.1, 0.15) is 18.7 Å². The summed E-state index contributed by atoms with van der Waals surface area (Å²) in [7, 11) is 0. The summed E-state index contributed by atoms with van der Waals surface area (Å²) in [6.07, 6.45) is 1.51. The van der Waals surface area contributed by atoms with Crippen molar-refractivity contribution in [1.29, 1.82) is 0 Å². The average Bonchev–Trinajstić information content (AvgIpc) is 2.60. The molecule has 1 aromatic rings. The minimum atomic E-state index is 0.141. The molecule has 0 amide bonds. The van der Waals surface area contributed by atoms with Gasteiger partial charge in [-0.3, -0.25) is 0 Å². The van der Waals surface area contributed by atoms with Crippen LogP contribution in [0.4, 0.5) is 11.5 Å². The Labute approximate surface area is 85.0 Å². The van der Waals surface area contributed by atoms with Gasteiger partial charge >= 0.3 is 5.96 Å². The maximum atomic E-state index is 11.3. The molecule has 0 atom stereocenters. The number of nitrogens with zero attached hydrogens (tertiary/aromatic N) is 6. The highest BCUT2D eigenvalue weighted by molar-refractivity contribution is 5.84. The summed E-state index contributed by atoms with van der Waals surface area (Å²) in [4.78, 5) is 11.5. The van der Waals surface area contributed by atoms with Gasteiger partial charge in [-0.1, -0.05) is 0 Å². The van der Waals surface area contributed by atoms with Crippen LogP contribution in [0.25, 0.3) is 0 Å². The number of aromatic nitrogens is 1. The molecule has 1 aliphatic rings. The number of guanidine groups is 1. The first-order chi connectivity index (χ1) is 7.27. The van der Waals surface area contributed by atoms with Gasteiger partial charge in [0.25, 0.3) is 5.82 Å². The molecule has 1 aromatic heterocycles. The largest absolute Gasteiger partial charge is 0.689 e. The van der Waals surface area contributed by atoms with E-state index in [0.29, 0.717) is 10.5 Å². The van der Waals surface area contributed by atoms with Crippen molar-refractivity contribution in [3.8, 4) is 0 Å². The summed E-state index contributed by atoms with van der Waals surface area (Å²) in [6.45, 7) is 6.62. The molecule has 74 valence electrons. The van der Waals surface area contributed by atoms with E-state index in [4.69, 9.17) is 0 Å². The van der Waals surface area contributed by atoms with Gasteiger partial charge in [-0.25, -0.2) is 4.98 Å². The molecule has 2 heterocycles. The zero-order valence-electron chi connectivity index (χ0n) is 7.74. The average molecular weight is 203 g/mol. The number of aliphatic imine (C=N–C) groups is 2. The van der Waals surface area contributed by atoms with Crippen LogP contribution in [0.15, 0.2) is 33.5 Å². The molecule has 1 aliphatic heterocycles. The molecule has 0 fully saturated rings. The highest BCUT2D eigenvalue weighted by Gasteiger charge is 2.31. The maximum Gasteiger partial charge on any atom is 0.560 e. The smallest absolute Gasteiger partial charge is 0.560 e. The number of fused-ring (bicyclic) bond motifs is 1. The van der Waals surface area contributed by atoms with Gasteiger partial charge in [-0.15, -0.1) is 4.86 Å². The Morgan fingerprint density at radius 3 is 2.80 bits per heavy atom. The zero-order valence-corrected chi connectivity index (χ0v) is 7.74. The SMILES string of the molecule is C=NC(N=C)=[N+]1N=[N+]([O-])c2ncccc21. The van der Waals surface area contributed by atoms with E-state index in [1.54, 1.807) is 12.1 Å². The van der Waals surface area contributed by atoms with Crippen molar-refractivity contribution < 1.29 is 9.55 Å². The van der Waals surface area contributed by atoms with E-state index >= 15 is 0 Å². The van der Waals surface area contributed by atoms with Gasteiger partial charge in [0.2, 0.25) is 5.69 Å². The molecule has 0 aliphatic carbocycles. The summed E-state index contributed by atoms with van der Waals surface area (Å²) in [6, 6.07) is 3.37. The molecule has 15 heavy (non-hydrogen) atoms. The summed E-state index contributed by atoms with van der Waals surface area (Å²) in [5.41, 5.74) is 0.502. The Balaban J connectivity index is 2.71. The molecule has 0 unspecified atom stereocenters. The number of pyridine rings is 1. The molecule has 2 rings (SSSR count). The first-order valence-corrected chi connectivity index (χ1v) is 4.02. The lowest BCUT2D eigenvalue weighted by Gasteiger charge is -1.94. The van der Waals surface area contributed by atoms with Crippen molar-refractivity contribution in [2.75, 3.05) is 0 Å². The van der Waals surface area contributed by atoms with Crippen LogP contribution in [0.1, 0.15) is 0 Å². The zero-order chi connectivity index (χ0) is 10.8. The monoisotopic (exact) mass is 203 g/mol. The van der Waals surface area contributed by atoms with Crippen molar-refractivity contribution in [1.82, 2.24) is 4.98 Å². The van der Waals surface area contributed by atoms with Crippen LogP contribution >= 0.6 is 0 Å². The highest BCUT2D eigenvalue weighted by Crippen LogP contribution is 2.30. The van der Waals surface area contributed by atoms with Crippen LogP contribution in [-0.4, -0.2) is 33.9 Å². The quantitative estimate of drug-likeness (QED) is 0.273. The van der Waals surface area contributed by atoms with E-state index in [1.807, 2.05) is 0 Å². The highest BCUT2D eigenvalue weighted by atomic mass is 16.5. The molecule has 0 spiro atoms. The van der Waals surface area contributed by atoms with E-state index in [1.165, 1.54) is 10.9 Å². The Kier molecular flexibility index (Phi) is 2.05. The topological polar surface area (TPSA) is 79.0 Å². The fourth-order valence-electron chi connectivity index (χ4n) is 1.20. The van der Waals surface area contributed by atoms with E-state index in [2.05, 4.69) is 33.6 Å². The van der Waals surface area contributed by atoms with Crippen molar-refractivity contribution in [2.45, 2.75) is 0 Å². The lowest BCUT2D eigenvalue weighted by atomic mass is 10.4. The third-order valence-electron chi connectivity index (χ3n) is 1.82. The first-order valence-electron chi connectivity index (χ1n) is 4.02. The second-order valence-electron chi connectivity index (χ2n) is 2.64. The molecule has 0 N–H and O–H groups in total. The predicted octanol–water partition coefficient (Wildman–Crippen LogP) is 1.01. The van der Waals surface area contributed by atoms with Gasteiger partial charge in [0.05, 0.1) is 0 Å². The Morgan fingerprint density at radius 2 is 2.13 bits per heavy atom. The number of hydrogen-bond acceptors (Lipinski definition) is 3. The molecule has 0 saturated carbocycles. The molecule has 0 radical (unpaired) electrons. The van der Waals surface area contributed by atoms with Crippen LogP contribution in [0.3, 0.4) is 0 Å². The van der Waals surface area contributed by atoms with Gasteiger partial charge in [-0.05, 0) is 26.8 Å². The second-order valence-corrected chi connectivity index (χ2v) is 2.64.